The summed E-state index contributed by atoms with van der Waals surface area (Å²) in [6, 6.07) is 23.7. The van der Waals surface area contributed by atoms with E-state index in [4.69, 9.17) is 28.9 Å². The van der Waals surface area contributed by atoms with Crippen molar-refractivity contribution in [2.45, 2.75) is 31.5 Å². The van der Waals surface area contributed by atoms with Crippen LogP contribution in [0.2, 0.25) is 0 Å². The molecule has 0 radical (unpaired) electrons. The summed E-state index contributed by atoms with van der Waals surface area (Å²) < 4.78 is 16.7. The number of amides is 1. The molecule has 1 unspecified atom stereocenters. The van der Waals surface area contributed by atoms with Crippen LogP contribution < -0.4 is 9.47 Å². The molecule has 0 saturated carbocycles. The van der Waals surface area contributed by atoms with Crippen molar-refractivity contribution in [3.8, 4) is 11.5 Å². The van der Waals surface area contributed by atoms with Gasteiger partial charge in [0.1, 0.15) is 17.5 Å². The number of rotatable bonds is 8. The number of β-lactam (4-membered cyclic amide) rings is 1. The summed E-state index contributed by atoms with van der Waals surface area (Å²) in [7, 11) is 3.19. The minimum Gasteiger partial charge on any atom is -0.497 e. The van der Waals surface area contributed by atoms with Crippen LogP contribution in [0.3, 0.4) is 0 Å². The van der Waals surface area contributed by atoms with Crippen LogP contribution in [0.1, 0.15) is 35.9 Å². The van der Waals surface area contributed by atoms with E-state index in [2.05, 4.69) is 0 Å². The highest BCUT2D eigenvalue weighted by molar-refractivity contribution is 5.92. The molecule has 2 aliphatic rings. The lowest BCUT2D eigenvalue weighted by Crippen LogP contribution is -2.71. The normalized spacial score (nSPS) is 24.3. The number of ether oxygens (including phenoxy) is 3. The molecule has 1 amide bonds. The molecule has 3 atom stereocenters. The van der Waals surface area contributed by atoms with Crippen LogP contribution in [0.15, 0.2) is 78.9 Å². The zero-order chi connectivity index (χ0) is 24.4. The summed E-state index contributed by atoms with van der Waals surface area (Å²) in [5.41, 5.74) is 1.33. The fourth-order valence-electron chi connectivity index (χ4n) is 4.15. The van der Waals surface area contributed by atoms with Gasteiger partial charge in [-0.15, -0.1) is 0 Å². The average Bonchev–Trinajstić information content (AvgIpc) is 3.40. The Morgan fingerprint density at radius 3 is 2.06 bits per heavy atom. The molecular weight excluding hydrogens is 452 g/mol. The van der Waals surface area contributed by atoms with Gasteiger partial charge >= 0.3 is 0 Å². The largest absolute Gasteiger partial charge is 0.497 e. The molecule has 3 aromatic carbocycles. The summed E-state index contributed by atoms with van der Waals surface area (Å²) in [6.45, 7) is 2.04. The Labute approximate surface area is 203 Å². The molecule has 2 aliphatic heterocycles. The Morgan fingerprint density at radius 2 is 1.46 bits per heavy atom. The van der Waals surface area contributed by atoms with Crippen LogP contribution in [0.5, 0.6) is 11.5 Å². The second kappa shape index (κ2) is 9.65. The molecule has 0 bridgehead atoms. The molecule has 182 valence electrons. The number of hydrazine groups is 1. The standard InChI is InChI=1S/C26H26N2O7/c1-26(32-17-18-7-5-4-6-8-18)23(19-9-13-21(30-2)14-10-19)27(25(26)29)28-33-24(34-35-28)20-11-15-22(31-3)16-12-20/h4-16,23-24H,17H2,1-3H3/t23-,24?,26+/m1/s1. The first kappa shape index (κ1) is 23.3. The quantitative estimate of drug-likeness (QED) is 0.351. The highest BCUT2D eigenvalue weighted by Crippen LogP contribution is 2.49. The van der Waals surface area contributed by atoms with E-state index < -0.39 is 17.9 Å². The van der Waals surface area contributed by atoms with Gasteiger partial charge < -0.3 is 14.2 Å². The second-order valence-corrected chi connectivity index (χ2v) is 8.33. The van der Waals surface area contributed by atoms with Gasteiger partial charge in [-0.1, -0.05) is 59.6 Å². The van der Waals surface area contributed by atoms with Crippen molar-refractivity contribution in [3.63, 3.8) is 0 Å². The second-order valence-electron chi connectivity index (χ2n) is 8.33. The minimum absolute atomic E-state index is 0.274. The Hall–Kier alpha value is -3.47. The summed E-state index contributed by atoms with van der Waals surface area (Å²) in [4.78, 5) is 29.9. The number of hydrogen-bond donors (Lipinski definition) is 0. The molecule has 0 aliphatic carbocycles. The number of carbonyl (C=O) groups is 1. The van der Waals surface area contributed by atoms with Crippen molar-refractivity contribution < 1.29 is 33.7 Å². The lowest BCUT2D eigenvalue weighted by Gasteiger charge is -2.53. The van der Waals surface area contributed by atoms with Gasteiger partial charge in [-0.05, 0) is 42.3 Å². The van der Waals surface area contributed by atoms with E-state index in [-0.39, 0.29) is 12.5 Å². The number of nitrogens with zero attached hydrogens (tertiary/aromatic N) is 2. The lowest BCUT2D eigenvalue weighted by atomic mass is 9.80. The Kier molecular flexibility index (Phi) is 6.42. The van der Waals surface area contributed by atoms with Gasteiger partial charge in [0, 0.05) is 5.56 Å². The first-order valence-corrected chi connectivity index (χ1v) is 11.1. The number of benzene rings is 3. The van der Waals surface area contributed by atoms with Crippen molar-refractivity contribution in [1.82, 2.24) is 10.3 Å². The molecular formula is C26H26N2O7. The Bertz CT molecular complexity index is 1160. The van der Waals surface area contributed by atoms with E-state index in [1.54, 1.807) is 45.4 Å². The summed E-state index contributed by atoms with van der Waals surface area (Å²) >= 11 is 0. The predicted molar refractivity (Wildman–Crippen MR) is 123 cm³/mol. The lowest BCUT2D eigenvalue weighted by molar-refractivity contribution is -0.497. The maximum absolute atomic E-state index is 13.4. The molecule has 2 saturated heterocycles. The van der Waals surface area contributed by atoms with Gasteiger partial charge in [-0.2, -0.15) is 4.89 Å². The van der Waals surface area contributed by atoms with E-state index in [1.807, 2.05) is 54.6 Å². The van der Waals surface area contributed by atoms with Gasteiger partial charge in [-0.25, -0.2) is 9.85 Å². The van der Waals surface area contributed by atoms with Crippen molar-refractivity contribution in [3.05, 3.63) is 95.6 Å². The van der Waals surface area contributed by atoms with E-state index >= 15 is 0 Å². The highest BCUT2D eigenvalue weighted by atomic mass is 17.4. The molecule has 0 spiro atoms. The molecule has 0 N–H and O–H groups in total. The van der Waals surface area contributed by atoms with Gasteiger partial charge in [0.25, 0.3) is 5.91 Å². The monoisotopic (exact) mass is 478 g/mol. The minimum atomic E-state index is -1.16. The molecule has 2 heterocycles. The van der Waals surface area contributed by atoms with Gasteiger partial charge in [-0.3, -0.25) is 4.79 Å². The molecule has 9 heteroatoms. The third-order valence-corrected chi connectivity index (χ3v) is 6.16. The third kappa shape index (κ3) is 4.36. The van der Waals surface area contributed by atoms with Crippen LogP contribution in [0.4, 0.5) is 0 Å². The number of carbonyl (C=O) groups excluding carboxylic acids is 1. The summed E-state index contributed by atoms with van der Waals surface area (Å²) in [5.74, 6) is 1.08. The average molecular weight is 479 g/mol. The van der Waals surface area contributed by atoms with E-state index in [0.29, 0.717) is 17.1 Å². The summed E-state index contributed by atoms with van der Waals surface area (Å²) in [5, 5.41) is 2.32. The van der Waals surface area contributed by atoms with E-state index in [0.717, 1.165) is 16.5 Å². The maximum atomic E-state index is 13.4. The third-order valence-electron chi connectivity index (χ3n) is 6.16. The van der Waals surface area contributed by atoms with Gasteiger partial charge in [0.2, 0.25) is 6.29 Å². The SMILES string of the molecule is COc1ccc(C2OON(N3C(=O)[C@@](C)(OCc4ccccc4)[C@H]3c3ccc(OC)cc3)O2)cc1. The zero-order valence-electron chi connectivity index (χ0n) is 19.6. The number of methoxy groups -OCH3 is 2. The predicted octanol–water partition coefficient (Wildman–Crippen LogP) is 4.29. The molecule has 35 heavy (non-hydrogen) atoms. The smallest absolute Gasteiger partial charge is 0.275 e. The summed E-state index contributed by atoms with van der Waals surface area (Å²) in [6.07, 6.45) is -0.859. The number of hydrogen-bond acceptors (Lipinski definition) is 8. The van der Waals surface area contributed by atoms with E-state index in [9.17, 15) is 4.79 Å². The molecule has 2 fully saturated rings. The topological polar surface area (TPSA) is 78.9 Å². The first-order chi connectivity index (χ1) is 17.0. The Morgan fingerprint density at radius 1 is 0.857 bits per heavy atom. The van der Waals surface area contributed by atoms with Crippen molar-refractivity contribution in [2.75, 3.05) is 14.2 Å². The van der Waals surface area contributed by atoms with Gasteiger partial charge in [0.15, 0.2) is 5.60 Å². The zero-order valence-corrected chi connectivity index (χ0v) is 19.6. The van der Waals surface area contributed by atoms with Crippen LogP contribution in [-0.2, 0) is 30.9 Å². The molecule has 5 rings (SSSR count). The molecule has 0 aromatic heterocycles. The van der Waals surface area contributed by atoms with Crippen LogP contribution >= 0.6 is 0 Å². The fraction of sp³-hybridized carbons (Fsp3) is 0.269. The van der Waals surface area contributed by atoms with E-state index in [1.165, 1.54) is 5.01 Å². The fourth-order valence-corrected chi connectivity index (χ4v) is 4.15. The van der Waals surface area contributed by atoms with Crippen LogP contribution in [0.25, 0.3) is 0 Å². The van der Waals surface area contributed by atoms with Crippen molar-refractivity contribution in [2.24, 2.45) is 0 Å². The van der Waals surface area contributed by atoms with Gasteiger partial charge in [0.05, 0.1) is 26.2 Å². The first-order valence-electron chi connectivity index (χ1n) is 11.1. The highest BCUT2D eigenvalue weighted by Gasteiger charge is 2.64. The maximum Gasteiger partial charge on any atom is 0.275 e. The Balaban J connectivity index is 1.38. The van der Waals surface area contributed by atoms with Crippen molar-refractivity contribution >= 4 is 5.91 Å². The van der Waals surface area contributed by atoms with Crippen LogP contribution in [-0.4, -0.2) is 36.1 Å². The van der Waals surface area contributed by atoms with Crippen molar-refractivity contribution in [1.29, 1.82) is 0 Å². The van der Waals surface area contributed by atoms with Crippen LogP contribution in [0, 0.1) is 0 Å². The molecule has 9 nitrogen and oxygen atoms in total. The molecule has 3 aromatic rings.